The van der Waals surface area contributed by atoms with Gasteiger partial charge in [-0.1, -0.05) is 17.7 Å². The van der Waals surface area contributed by atoms with Crippen molar-refractivity contribution in [1.82, 2.24) is 14.8 Å². The van der Waals surface area contributed by atoms with Crippen LogP contribution in [-0.2, 0) is 21.8 Å². The van der Waals surface area contributed by atoms with Gasteiger partial charge in [0.2, 0.25) is 5.79 Å². The quantitative estimate of drug-likeness (QED) is 0.631. The first-order valence-electron chi connectivity index (χ1n) is 8.53. The molecule has 9 heteroatoms. The summed E-state index contributed by atoms with van der Waals surface area (Å²) >= 11 is 6.46. The summed E-state index contributed by atoms with van der Waals surface area (Å²) in [7, 11) is 0. The van der Waals surface area contributed by atoms with Crippen LogP contribution in [0.2, 0.25) is 5.02 Å². The zero-order valence-electron chi connectivity index (χ0n) is 14.8. The van der Waals surface area contributed by atoms with Crippen LogP contribution >= 0.6 is 11.6 Å². The fraction of sp³-hybridized carbons (Fsp3) is 0.263. The van der Waals surface area contributed by atoms with E-state index in [-0.39, 0.29) is 23.4 Å². The molecular weight excluding hydrogens is 392 g/mol. The summed E-state index contributed by atoms with van der Waals surface area (Å²) in [6.07, 6.45) is 2.81. The van der Waals surface area contributed by atoms with E-state index in [2.05, 4.69) is 10.1 Å². The molecule has 6 nitrogen and oxygen atoms in total. The molecule has 1 fully saturated rings. The SMILES string of the molecule is CC1COC(Cn2cncn2)(c2ccc(Oc3c(F)cccc3F)cc2Cl)O1. The van der Waals surface area contributed by atoms with Gasteiger partial charge in [-0.05, 0) is 37.3 Å². The van der Waals surface area contributed by atoms with Crippen molar-refractivity contribution in [2.75, 3.05) is 6.61 Å². The highest BCUT2D eigenvalue weighted by Crippen LogP contribution is 2.41. The highest BCUT2D eigenvalue weighted by atomic mass is 35.5. The number of para-hydroxylation sites is 1. The van der Waals surface area contributed by atoms with Crippen LogP contribution in [0, 0.1) is 11.6 Å². The van der Waals surface area contributed by atoms with Crippen LogP contribution in [0.15, 0.2) is 49.1 Å². The molecule has 1 saturated heterocycles. The minimum Gasteiger partial charge on any atom is -0.451 e. The van der Waals surface area contributed by atoms with E-state index < -0.39 is 23.2 Å². The van der Waals surface area contributed by atoms with Gasteiger partial charge in [-0.15, -0.1) is 0 Å². The standard InChI is InChI=1S/C19H16ClF2N3O3/c1-12-8-26-19(28-12,9-25-11-23-10-24-25)14-6-5-13(7-15(14)20)27-18-16(21)3-2-4-17(18)22/h2-7,10-12H,8-9H2,1H3. The maximum atomic E-state index is 13.8. The third kappa shape index (κ3) is 3.58. The van der Waals surface area contributed by atoms with Crippen molar-refractivity contribution in [2.45, 2.75) is 25.4 Å². The highest BCUT2D eigenvalue weighted by Gasteiger charge is 2.44. The number of nitrogens with zero attached hydrogens (tertiary/aromatic N) is 3. The summed E-state index contributed by atoms with van der Waals surface area (Å²) in [6, 6.07) is 8.14. The molecule has 0 saturated carbocycles. The number of hydrogen-bond acceptors (Lipinski definition) is 5. The van der Waals surface area contributed by atoms with Crippen molar-refractivity contribution >= 4 is 11.6 Å². The van der Waals surface area contributed by atoms with Crippen LogP contribution < -0.4 is 4.74 Å². The minimum absolute atomic E-state index is 0.150. The minimum atomic E-state index is -1.16. The van der Waals surface area contributed by atoms with Crippen LogP contribution in [0.3, 0.4) is 0 Å². The molecule has 0 bridgehead atoms. The Balaban J connectivity index is 1.66. The van der Waals surface area contributed by atoms with Gasteiger partial charge >= 0.3 is 0 Å². The molecule has 0 N–H and O–H groups in total. The Hall–Kier alpha value is -2.55. The topological polar surface area (TPSA) is 58.4 Å². The van der Waals surface area contributed by atoms with Crippen LogP contribution in [0.1, 0.15) is 12.5 Å². The second kappa shape index (κ2) is 7.46. The molecule has 0 aliphatic carbocycles. The zero-order valence-corrected chi connectivity index (χ0v) is 15.6. The maximum absolute atomic E-state index is 13.8. The molecular formula is C19H16ClF2N3O3. The zero-order chi connectivity index (χ0) is 19.7. The number of rotatable bonds is 5. The van der Waals surface area contributed by atoms with Gasteiger partial charge in [-0.3, -0.25) is 0 Å². The third-order valence-electron chi connectivity index (χ3n) is 4.27. The van der Waals surface area contributed by atoms with Crippen molar-refractivity contribution in [2.24, 2.45) is 0 Å². The molecule has 2 aromatic carbocycles. The van der Waals surface area contributed by atoms with Gasteiger partial charge in [0.05, 0.1) is 17.7 Å². The summed E-state index contributed by atoms with van der Waals surface area (Å²) in [4.78, 5) is 3.92. The first-order valence-corrected chi connectivity index (χ1v) is 8.91. The number of halogens is 3. The molecule has 28 heavy (non-hydrogen) atoms. The Morgan fingerprint density at radius 3 is 2.68 bits per heavy atom. The normalized spacial score (nSPS) is 21.8. The Bertz CT molecular complexity index is 966. The maximum Gasteiger partial charge on any atom is 0.217 e. The van der Waals surface area contributed by atoms with Crippen molar-refractivity contribution in [1.29, 1.82) is 0 Å². The van der Waals surface area contributed by atoms with E-state index in [0.717, 1.165) is 12.1 Å². The van der Waals surface area contributed by atoms with E-state index in [1.807, 2.05) is 6.92 Å². The average Bonchev–Trinajstić information content (AvgIpc) is 3.29. The highest BCUT2D eigenvalue weighted by molar-refractivity contribution is 6.31. The van der Waals surface area contributed by atoms with Gasteiger partial charge in [-0.25, -0.2) is 18.4 Å². The third-order valence-corrected chi connectivity index (χ3v) is 4.58. The number of hydrogen-bond donors (Lipinski definition) is 0. The molecule has 0 amide bonds. The van der Waals surface area contributed by atoms with Crippen molar-refractivity contribution < 1.29 is 23.0 Å². The second-order valence-electron chi connectivity index (χ2n) is 6.38. The van der Waals surface area contributed by atoms with Crippen LogP contribution in [-0.4, -0.2) is 27.5 Å². The van der Waals surface area contributed by atoms with Gasteiger partial charge in [0.15, 0.2) is 17.4 Å². The molecule has 2 atom stereocenters. The lowest BCUT2D eigenvalue weighted by Gasteiger charge is -2.29. The summed E-state index contributed by atoms with van der Waals surface area (Å²) < 4.78 is 46.5. The number of aromatic nitrogens is 3. The molecule has 3 aromatic rings. The Kier molecular flexibility index (Phi) is 5.01. The molecule has 1 aliphatic heterocycles. The predicted octanol–water partition coefficient (Wildman–Crippen LogP) is 4.29. The molecule has 2 unspecified atom stereocenters. The monoisotopic (exact) mass is 407 g/mol. The van der Waals surface area contributed by atoms with Gasteiger partial charge in [0.1, 0.15) is 24.9 Å². The number of benzene rings is 2. The Morgan fingerprint density at radius 2 is 2.07 bits per heavy atom. The van der Waals surface area contributed by atoms with Gasteiger partial charge in [0, 0.05) is 5.56 Å². The van der Waals surface area contributed by atoms with Crippen molar-refractivity contribution in [3.05, 3.63) is 71.3 Å². The van der Waals surface area contributed by atoms with Gasteiger partial charge in [0.25, 0.3) is 0 Å². The van der Waals surface area contributed by atoms with E-state index in [9.17, 15) is 8.78 Å². The summed E-state index contributed by atoms with van der Waals surface area (Å²) in [5.41, 5.74) is 0.551. The van der Waals surface area contributed by atoms with E-state index in [1.165, 1.54) is 18.5 Å². The van der Waals surface area contributed by atoms with Crippen molar-refractivity contribution in [3.63, 3.8) is 0 Å². The summed E-state index contributed by atoms with van der Waals surface area (Å²) in [5.74, 6) is -3.09. The predicted molar refractivity (Wildman–Crippen MR) is 96.1 cm³/mol. The van der Waals surface area contributed by atoms with E-state index in [0.29, 0.717) is 12.2 Å². The van der Waals surface area contributed by atoms with Crippen molar-refractivity contribution in [3.8, 4) is 11.5 Å². The molecule has 0 spiro atoms. The van der Waals surface area contributed by atoms with E-state index >= 15 is 0 Å². The fourth-order valence-electron chi connectivity index (χ4n) is 3.05. The van der Waals surface area contributed by atoms with E-state index in [1.54, 1.807) is 23.1 Å². The summed E-state index contributed by atoms with van der Waals surface area (Å²) in [5, 5.41) is 4.36. The second-order valence-corrected chi connectivity index (χ2v) is 6.79. The molecule has 1 aromatic heterocycles. The molecule has 1 aliphatic rings. The lowest BCUT2D eigenvalue weighted by molar-refractivity contribution is -0.186. The number of ether oxygens (including phenoxy) is 3. The largest absolute Gasteiger partial charge is 0.451 e. The lowest BCUT2D eigenvalue weighted by atomic mass is 10.1. The van der Waals surface area contributed by atoms with Crippen LogP contribution in [0.5, 0.6) is 11.5 Å². The summed E-state index contributed by atoms with van der Waals surface area (Å²) in [6.45, 7) is 2.50. The van der Waals surface area contributed by atoms with Gasteiger partial charge < -0.3 is 14.2 Å². The Labute approximate surface area is 164 Å². The van der Waals surface area contributed by atoms with Gasteiger partial charge in [-0.2, -0.15) is 5.10 Å². The van der Waals surface area contributed by atoms with Crippen LogP contribution in [0.4, 0.5) is 8.78 Å². The first kappa shape index (κ1) is 18.8. The average molecular weight is 408 g/mol. The van der Waals surface area contributed by atoms with E-state index in [4.69, 9.17) is 25.8 Å². The molecule has 4 rings (SSSR count). The first-order chi connectivity index (χ1) is 13.5. The smallest absolute Gasteiger partial charge is 0.217 e. The Morgan fingerprint density at radius 1 is 1.29 bits per heavy atom. The lowest BCUT2D eigenvalue weighted by Crippen LogP contribution is -2.34. The molecule has 0 radical (unpaired) electrons. The molecule has 2 heterocycles. The fourth-order valence-corrected chi connectivity index (χ4v) is 3.36. The molecule has 146 valence electrons. The van der Waals surface area contributed by atoms with Crippen LogP contribution in [0.25, 0.3) is 0 Å².